The summed E-state index contributed by atoms with van der Waals surface area (Å²) in [6, 6.07) is 9.27. The summed E-state index contributed by atoms with van der Waals surface area (Å²) in [5.74, 6) is -1.28. The molecule has 1 aliphatic heterocycles. The van der Waals surface area contributed by atoms with Crippen LogP contribution >= 0.6 is 0 Å². The molecule has 0 unspecified atom stereocenters. The number of aromatic nitrogens is 4. The lowest BCUT2D eigenvalue weighted by Crippen LogP contribution is -2.41. The van der Waals surface area contributed by atoms with Crippen molar-refractivity contribution in [2.75, 3.05) is 25.0 Å². The normalized spacial score (nSPS) is 15.1. The van der Waals surface area contributed by atoms with E-state index in [0.29, 0.717) is 41.8 Å². The van der Waals surface area contributed by atoms with Crippen molar-refractivity contribution in [2.24, 2.45) is 5.92 Å². The van der Waals surface area contributed by atoms with E-state index in [0.717, 1.165) is 0 Å². The number of nitrogens with zero attached hydrogens (tertiary/aromatic N) is 7. The molecule has 1 saturated heterocycles. The van der Waals surface area contributed by atoms with Gasteiger partial charge in [0.2, 0.25) is 5.91 Å². The molecule has 1 amide bonds. The quantitative estimate of drug-likeness (QED) is 0.423. The first-order valence-electron chi connectivity index (χ1n) is 10.2. The molecule has 0 saturated carbocycles. The molecular weight excluding hydrogens is 443 g/mol. The molecule has 13 heteroatoms. The van der Waals surface area contributed by atoms with E-state index in [1.807, 2.05) is 4.90 Å². The van der Waals surface area contributed by atoms with Crippen LogP contribution in [-0.4, -0.2) is 55.7 Å². The van der Waals surface area contributed by atoms with Gasteiger partial charge in [-0.15, -0.1) is 15.3 Å². The summed E-state index contributed by atoms with van der Waals surface area (Å²) in [6.45, 7) is 0.970. The number of nitro benzene ring substituents is 1. The van der Waals surface area contributed by atoms with Gasteiger partial charge in [0.05, 0.1) is 11.5 Å². The zero-order valence-corrected chi connectivity index (χ0v) is 17.6. The largest absolute Gasteiger partial charge is 0.453 e. The van der Waals surface area contributed by atoms with Gasteiger partial charge in [-0.2, -0.15) is 17.7 Å². The van der Waals surface area contributed by atoms with Gasteiger partial charge in [0.1, 0.15) is 5.82 Å². The highest BCUT2D eigenvalue weighted by atomic mass is 19.4. The van der Waals surface area contributed by atoms with Crippen molar-refractivity contribution in [1.82, 2.24) is 24.7 Å². The molecule has 0 atom stereocenters. The lowest BCUT2D eigenvalue weighted by Gasteiger charge is -2.33. The van der Waals surface area contributed by atoms with Crippen LogP contribution in [0.2, 0.25) is 0 Å². The molecule has 1 fully saturated rings. The number of piperidine rings is 1. The molecule has 0 spiro atoms. The Morgan fingerprint density at radius 3 is 2.55 bits per heavy atom. The van der Waals surface area contributed by atoms with Crippen LogP contribution in [0, 0.1) is 16.0 Å². The summed E-state index contributed by atoms with van der Waals surface area (Å²) >= 11 is 0. The van der Waals surface area contributed by atoms with Gasteiger partial charge in [0.25, 0.3) is 11.5 Å². The summed E-state index contributed by atoms with van der Waals surface area (Å²) in [7, 11) is 1.60. The highest BCUT2D eigenvalue weighted by molar-refractivity contribution is 5.79. The Balaban J connectivity index is 1.41. The van der Waals surface area contributed by atoms with Gasteiger partial charge in [-0.05, 0) is 25.0 Å². The Kier molecular flexibility index (Phi) is 5.87. The molecule has 0 N–H and O–H groups in total. The minimum Gasteiger partial charge on any atom is -0.355 e. The first kappa shape index (κ1) is 22.4. The fourth-order valence-corrected chi connectivity index (χ4v) is 3.95. The lowest BCUT2D eigenvalue weighted by atomic mass is 9.95. The van der Waals surface area contributed by atoms with Crippen LogP contribution in [0.4, 0.5) is 24.7 Å². The number of rotatable bonds is 5. The number of nitro groups is 1. The van der Waals surface area contributed by atoms with E-state index in [4.69, 9.17) is 0 Å². The maximum absolute atomic E-state index is 13.1. The number of benzene rings is 1. The third-order valence-corrected chi connectivity index (χ3v) is 5.64. The van der Waals surface area contributed by atoms with Crippen molar-refractivity contribution < 1.29 is 22.9 Å². The highest BCUT2D eigenvalue weighted by Gasteiger charge is 2.38. The van der Waals surface area contributed by atoms with Crippen molar-refractivity contribution in [1.29, 1.82) is 0 Å². The third kappa shape index (κ3) is 4.56. The maximum Gasteiger partial charge on any atom is 0.453 e. The molecule has 33 heavy (non-hydrogen) atoms. The number of halogens is 3. The van der Waals surface area contributed by atoms with E-state index in [9.17, 15) is 28.1 Å². The van der Waals surface area contributed by atoms with Gasteiger partial charge >= 0.3 is 6.18 Å². The van der Waals surface area contributed by atoms with Crippen molar-refractivity contribution in [2.45, 2.75) is 25.6 Å². The number of alkyl halides is 3. The number of amides is 1. The minimum absolute atomic E-state index is 0.00670. The average molecular weight is 463 g/mol. The molecule has 0 radical (unpaired) electrons. The van der Waals surface area contributed by atoms with Crippen LogP contribution in [0.15, 0.2) is 36.4 Å². The van der Waals surface area contributed by atoms with Crippen molar-refractivity contribution in [3.05, 3.63) is 57.9 Å². The van der Waals surface area contributed by atoms with Crippen LogP contribution in [0.3, 0.4) is 0 Å². The summed E-state index contributed by atoms with van der Waals surface area (Å²) in [5.41, 5.74) is 0.399. The Morgan fingerprint density at radius 1 is 1.18 bits per heavy atom. The number of hydrogen-bond donors (Lipinski definition) is 0. The summed E-state index contributed by atoms with van der Waals surface area (Å²) in [4.78, 5) is 26.9. The van der Waals surface area contributed by atoms with Gasteiger partial charge in [-0.3, -0.25) is 14.9 Å². The molecule has 10 nitrogen and oxygen atoms in total. The Hall–Kier alpha value is -3.77. The van der Waals surface area contributed by atoms with Crippen LogP contribution in [0.1, 0.15) is 24.2 Å². The zero-order chi connectivity index (χ0) is 23.8. The SMILES string of the molecule is CN(Cc1ccccc1[N+](=O)[O-])C(=O)C1CCN(c2ccc3nnc(C(F)(F)F)n3n2)CC1. The zero-order valence-electron chi connectivity index (χ0n) is 17.6. The second-order valence-electron chi connectivity index (χ2n) is 7.82. The van der Waals surface area contributed by atoms with E-state index in [2.05, 4.69) is 15.3 Å². The van der Waals surface area contributed by atoms with Crippen LogP contribution in [0.5, 0.6) is 0 Å². The fraction of sp³-hybridized carbons (Fsp3) is 0.400. The van der Waals surface area contributed by atoms with E-state index in [1.54, 1.807) is 31.3 Å². The predicted octanol–water partition coefficient (Wildman–Crippen LogP) is 2.93. The number of fused-ring (bicyclic) bond motifs is 1. The van der Waals surface area contributed by atoms with Gasteiger partial charge in [0, 0.05) is 37.7 Å². The Morgan fingerprint density at radius 2 is 1.88 bits per heavy atom. The molecule has 174 valence electrons. The van der Waals surface area contributed by atoms with Gasteiger partial charge in [-0.1, -0.05) is 18.2 Å². The lowest BCUT2D eigenvalue weighted by molar-refractivity contribution is -0.385. The topological polar surface area (TPSA) is 110 Å². The molecule has 0 bridgehead atoms. The van der Waals surface area contributed by atoms with E-state index in [-0.39, 0.29) is 29.7 Å². The van der Waals surface area contributed by atoms with Crippen LogP contribution < -0.4 is 4.90 Å². The molecule has 0 aliphatic carbocycles. The molecule has 1 aromatic carbocycles. The molecular formula is C20H20F3N7O3. The van der Waals surface area contributed by atoms with Crippen LogP contribution in [-0.2, 0) is 17.5 Å². The summed E-state index contributed by atoms with van der Waals surface area (Å²) < 4.78 is 40.0. The smallest absolute Gasteiger partial charge is 0.355 e. The Bertz CT molecular complexity index is 1190. The number of carbonyl (C=O) groups excluding carboxylic acids is 1. The Labute approximate surface area is 185 Å². The van der Waals surface area contributed by atoms with Gasteiger partial charge < -0.3 is 9.80 Å². The van der Waals surface area contributed by atoms with E-state index >= 15 is 0 Å². The number of para-hydroxylation sites is 1. The average Bonchev–Trinajstić information content (AvgIpc) is 3.23. The van der Waals surface area contributed by atoms with Gasteiger partial charge in [-0.25, -0.2) is 0 Å². The minimum atomic E-state index is -4.68. The second-order valence-corrected chi connectivity index (χ2v) is 7.82. The number of anilines is 1. The van der Waals surface area contributed by atoms with Crippen molar-refractivity contribution >= 4 is 23.1 Å². The van der Waals surface area contributed by atoms with Gasteiger partial charge in [0.15, 0.2) is 5.65 Å². The summed E-state index contributed by atoms with van der Waals surface area (Å²) in [5, 5.41) is 21.9. The molecule has 1 aliphatic rings. The fourth-order valence-electron chi connectivity index (χ4n) is 3.95. The summed E-state index contributed by atoms with van der Waals surface area (Å²) in [6.07, 6.45) is -3.72. The standard InChI is InChI=1S/C20H20F3N7O3/c1-27(12-14-4-2-3-5-15(14)30(32)33)18(31)13-8-10-28(11-9-13)17-7-6-16-24-25-19(20(21,22)23)29(16)26-17/h2-7,13H,8-12H2,1H3. The molecule has 3 aromatic rings. The van der Waals surface area contributed by atoms with Crippen LogP contribution in [0.25, 0.3) is 5.65 Å². The third-order valence-electron chi connectivity index (χ3n) is 5.64. The first-order chi connectivity index (χ1) is 15.6. The molecule has 4 rings (SSSR count). The first-order valence-corrected chi connectivity index (χ1v) is 10.2. The second kappa shape index (κ2) is 8.64. The van der Waals surface area contributed by atoms with E-state index < -0.39 is 16.9 Å². The predicted molar refractivity (Wildman–Crippen MR) is 110 cm³/mol. The molecule has 3 heterocycles. The van der Waals surface area contributed by atoms with Crippen molar-refractivity contribution in [3.63, 3.8) is 0 Å². The van der Waals surface area contributed by atoms with Crippen molar-refractivity contribution in [3.8, 4) is 0 Å². The highest BCUT2D eigenvalue weighted by Crippen LogP contribution is 2.29. The van der Waals surface area contributed by atoms with E-state index in [1.165, 1.54) is 17.0 Å². The monoisotopic (exact) mass is 463 g/mol. The maximum atomic E-state index is 13.1. The molecule has 2 aromatic heterocycles. The number of hydrogen-bond acceptors (Lipinski definition) is 7. The number of carbonyl (C=O) groups is 1.